The molecule has 0 spiro atoms. The van der Waals surface area contributed by atoms with Gasteiger partial charge in [-0.05, 0) is 24.6 Å². The van der Waals surface area contributed by atoms with Crippen LogP contribution in [0.4, 0.5) is 5.13 Å². The van der Waals surface area contributed by atoms with Gasteiger partial charge in [-0.25, -0.2) is 4.98 Å². The normalized spacial score (nSPS) is 10.2. The van der Waals surface area contributed by atoms with E-state index < -0.39 is 0 Å². The Labute approximate surface area is 92.5 Å². The molecule has 0 aliphatic heterocycles. The van der Waals surface area contributed by atoms with E-state index in [9.17, 15) is 0 Å². The minimum atomic E-state index is 0.526. The predicted octanol–water partition coefficient (Wildman–Crippen LogP) is 2.61. The number of anilines is 1. The summed E-state index contributed by atoms with van der Waals surface area (Å²) in [6.45, 7) is 2.57. The molecule has 2 rings (SSSR count). The van der Waals surface area contributed by atoms with Crippen molar-refractivity contribution in [1.82, 2.24) is 4.98 Å². The van der Waals surface area contributed by atoms with E-state index in [0.29, 0.717) is 11.7 Å². The first-order valence-corrected chi connectivity index (χ1v) is 5.45. The zero-order valence-electron chi connectivity index (χ0n) is 8.43. The van der Waals surface area contributed by atoms with Gasteiger partial charge < -0.3 is 10.5 Å². The van der Waals surface area contributed by atoms with E-state index in [-0.39, 0.29) is 0 Å². The van der Waals surface area contributed by atoms with Crippen LogP contribution in [0.15, 0.2) is 30.5 Å². The summed E-state index contributed by atoms with van der Waals surface area (Å²) in [6.07, 6.45) is 1.75. The van der Waals surface area contributed by atoms with Gasteiger partial charge in [0.25, 0.3) is 0 Å². The fourth-order valence-electron chi connectivity index (χ4n) is 1.25. The Morgan fingerprint density at radius 2 is 2.33 bits per heavy atom. The van der Waals surface area contributed by atoms with Crippen LogP contribution in [0.1, 0.15) is 10.4 Å². The number of hydrogen-bond acceptors (Lipinski definition) is 4. The van der Waals surface area contributed by atoms with Crippen LogP contribution in [0.5, 0.6) is 5.75 Å². The summed E-state index contributed by atoms with van der Waals surface area (Å²) in [5.41, 5.74) is 6.71. The van der Waals surface area contributed by atoms with Crippen LogP contribution in [0.3, 0.4) is 0 Å². The fourth-order valence-corrected chi connectivity index (χ4v) is 1.85. The van der Waals surface area contributed by atoms with Gasteiger partial charge in [0.1, 0.15) is 12.4 Å². The molecule has 0 radical (unpaired) electrons. The topological polar surface area (TPSA) is 48.1 Å². The Balaban J connectivity index is 1.99. The lowest BCUT2D eigenvalue weighted by atomic mass is 10.2. The van der Waals surface area contributed by atoms with E-state index in [1.807, 2.05) is 31.2 Å². The summed E-state index contributed by atoms with van der Waals surface area (Å²) in [4.78, 5) is 5.00. The third-order valence-corrected chi connectivity index (χ3v) is 2.74. The maximum absolute atomic E-state index is 5.60. The molecule has 15 heavy (non-hydrogen) atoms. The van der Waals surface area contributed by atoms with Crippen LogP contribution in [-0.2, 0) is 6.61 Å². The Morgan fingerprint density at radius 1 is 1.47 bits per heavy atom. The Kier molecular flexibility index (Phi) is 2.87. The molecule has 0 aliphatic carbocycles. The zero-order chi connectivity index (χ0) is 10.7. The van der Waals surface area contributed by atoms with Gasteiger partial charge in [0, 0.05) is 6.20 Å². The molecule has 0 saturated carbocycles. The Bertz CT molecular complexity index is 453. The van der Waals surface area contributed by atoms with Crippen LogP contribution in [0.25, 0.3) is 0 Å². The van der Waals surface area contributed by atoms with Crippen molar-refractivity contribution in [2.75, 3.05) is 5.73 Å². The lowest BCUT2D eigenvalue weighted by Gasteiger charge is -2.04. The van der Waals surface area contributed by atoms with E-state index in [1.54, 1.807) is 6.20 Å². The molecule has 0 saturated heterocycles. The summed E-state index contributed by atoms with van der Waals surface area (Å²) in [5, 5.41) is 0.581. The number of aromatic nitrogens is 1. The Morgan fingerprint density at radius 3 is 3.00 bits per heavy atom. The highest BCUT2D eigenvalue weighted by molar-refractivity contribution is 7.15. The minimum absolute atomic E-state index is 0.526. The second-order valence-electron chi connectivity index (χ2n) is 3.27. The van der Waals surface area contributed by atoms with Gasteiger partial charge in [-0.3, -0.25) is 0 Å². The highest BCUT2D eigenvalue weighted by Crippen LogP contribution is 2.18. The molecule has 2 aromatic rings. The van der Waals surface area contributed by atoms with Crippen LogP contribution in [-0.4, -0.2) is 4.98 Å². The van der Waals surface area contributed by atoms with E-state index in [4.69, 9.17) is 10.5 Å². The quantitative estimate of drug-likeness (QED) is 0.865. The molecule has 0 aliphatic rings. The van der Waals surface area contributed by atoms with E-state index in [0.717, 1.165) is 10.6 Å². The number of rotatable bonds is 3. The minimum Gasteiger partial charge on any atom is -0.488 e. The second-order valence-corrected chi connectivity index (χ2v) is 4.42. The zero-order valence-corrected chi connectivity index (χ0v) is 9.25. The van der Waals surface area contributed by atoms with Gasteiger partial charge in [-0.1, -0.05) is 23.5 Å². The Hall–Kier alpha value is -1.55. The summed E-state index contributed by atoms with van der Waals surface area (Å²) in [5.74, 6) is 0.877. The second kappa shape index (κ2) is 4.31. The van der Waals surface area contributed by atoms with Crippen molar-refractivity contribution in [3.05, 3.63) is 40.9 Å². The molecule has 0 amide bonds. The molecule has 1 heterocycles. The number of nitrogen functional groups attached to an aromatic ring is 1. The molecular formula is C11H12N2OS. The van der Waals surface area contributed by atoms with Crippen LogP contribution in [0.2, 0.25) is 0 Å². The number of nitrogens with zero attached hydrogens (tertiary/aromatic N) is 1. The first kappa shape index (κ1) is 9.98. The molecule has 0 fully saturated rings. The van der Waals surface area contributed by atoms with Gasteiger partial charge in [-0.2, -0.15) is 0 Å². The lowest BCUT2D eigenvalue weighted by molar-refractivity contribution is 0.309. The standard InChI is InChI=1S/C11H12N2OS/c1-8-3-2-4-9(5-8)14-7-10-6-13-11(12)15-10/h2-6H,7H2,1H3,(H2,12,13). The van der Waals surface area contributed by atoms with Crippen molar-refractivity contribution < 1.29 is 4.74 Å². The molecule has 1 aromatic heterocycles. The molecule has 0 bridgehead atoms. The first-order chi connectivity index (χ1) is 7.24. The summed E-state index contributed by atoms with van der Waals surface area (Å²) in [6, 6.07) is 7.96. The van der Waals surface area contributed by atoms with Crippen LogP contribution >= 0.6 is 11.3 Å². The highest BCUT2D eigenvalue weighted by atomic mass is 32.1. The fraction of sp³-hybridized carbons (Fsp3) is 0.182. The smallest absolute Gasteiger partial charge is 0.180 e. The van der Waals surface area contributed by atoms with Crippen molar-refractivity contribution >= 4 is 16.5 Å². The lowest BCUT2D eigenvalue weighted by Crippen LogP contribution is -1.92. The van der Waals surface area contributed by atoms with Crippen molar-refractivity contribution in [3.8, 4) is 5.75 Å². The predicted molar refractivity (Wildman–Crippen MR) is 62.0 cm³/mol. The maximum Gasteiger partial charge on any atom is 0.180 e. The molecule has 0 atom stereocenters. The van der Waals surface area contributed by atoms with Crippen LogP contribution < -0.4 is 10.5 Å². The summed E-state index contributed by atoms with van der Waals surface area (Å²) in [7, 11) is 0. The summed E-state index contributed by atoms with van der Waals surface area (Å²) < 4.78 is 5.60. The first-order valence-electron chi connectivity index (χ1n) is 4.64. The van der Waals surface area contributed by atoms with Gasteiger partial charge in [0.2, 0.25) is 0 Å². The van der Waals surface area contributed by atoms with Crippen molar-refractivity contribution in [2.45, 2.75) is 13.5 Å². The molecule has 3 nitrogen and oxygen atoms in total. The van der Waals surface area contributed by atoms with E-state index in [2.05, 4.69) is 4.98 Å². The van der Waals surface area contributed by atoms with Crippen LogP contribution in [0, 0.1) is 6.92 Å². The monoisotopic (exact) mass is 220 g/mol. The molecular weight excluding hydrogens is 208 g/mol. The largest absolute Gasteiger partial charge is 0.488 e. The van der Waals surface area contributed by atoms with E-state index >= 15 is 0 Å². The number of benzene rings is 1. The van der Waals surface area contributed by atoms with Crippen molar-refractivity contribution in [3.63, 3.8) is 0 Å². The van der Waals surface area contributed by atoms with E-state index in [1.165, 1.54) is 16.9 Å². The van der Waals surface area contributed by atoms with Gasteiger partial charge in [-0.15, -0.1) is 0 Å². The molecule has 4 heteroatoms. The van der Waals surface area contributed by atoms with Gasteiger partial charge >= 0.3 is 0 Å². The number of thiazole rings is 1. The third kappa shape index (κ3) is 2.70. The molecule has 1 aromatic carbocycles. The maximum atomic E-state index is 5.60. The summed E-state index contributed by atoms with van der Waals surface area (Å²) >= 11 is 1.45. The SMILES string of the molecule is Cc1cccc(OCc2cnc(N)s2)c1. The highest BCUT2D eigenvalue weighted by Gasteiger charge is 1.99. The van der Waals surface area contributed by atoms with Crippen molar-refractivity contribution in [2.24, 2.45) is 0 Å². The number of ether oxygens (including phenoxy) is 1. The van der Waals surface area contributed by atoms with Gasteiger partial charge in [0.05, 0.1) is 4.88 Å². The van der Waals surface area contributed by atoms with Crippen molar-refractivity contribution in [1.29, 1.82) is 0 Å². The molecule has 0 unspecified atom stereocenters. The third-order valence-electron chi connectivity index (χ3n) is 1.94. The number of aryl methyl sites for hydroxylation is 1. The average molecular weight is 220 g/mol. The number of nitrogens with two attached hydrogens (primary N) is 1. The number of hydrogen-bond donors (Lipinski definition) is 1. The van der Waals surface area contributed by atoms with Gasteiger partial charge in [0.15, 0.2) is 5.13 Å². The molecule has 2 N–H and O–H groups in total. The molecule has 78 valence electrons. The average Bonchev–Trinajstić information content (AvgIpc) is 2.62.